The van der Waals surface area contributed by atoms with Gasteiger partial charge in [-0.2, -0.15) is 4.98 Å². The quantitative estimate of drug-likeness (QED) is 0.876. The Morgan fingerprint density at radius 1 is 1.53 bits per heavy atom. The maximum Gasteiger partial charge on any atom is 0.234 e. The molecule has 1 aliphatic rings. The molecule has 6 heteroatoms. The lowest BCUT2D eigenvalue weighted by atomic mass is 10.1. The number of aromatic nitrogens is 2. The minimum absolute atomic E-state index is 0.145. The zero-order valence-electron chi connectivity index (χ0n) is 11.3. The third kappa shape index (κ3) is 3.53. The lowest BCUT2D eigenvalue weighted by Crippen LogP contribution is -2.32. The van der Waals surface area contributed by atoms with Crippen molar-refractivity contribution >= 4 is 5.82 Å². The molecule has 1 aromatic rings. The van der Waals surface area contributed by atoms with E-state index in [0.29, 0.717) is 37.2 Å². The topological polar surface area (TPSA) is 58.5 Å². The van der Waals surface area contributed by atoms with Crippen LogP contribution in [0.4, 0.5) is 10.2 Å². The number of ether oxygens (including phenoxy) is 1. The second kappa shape index (κ2) is 5.69. The van der Waals surface area contributed by atoms with Gasteiger partial charge in [-0.05, 0) is 5.92 Å². The molecule has 0 spiro atoms. The molecular weight excluding hydrogens is 249 g/mol. The summed E-state index contributed by atoms with van der Waals surface area (Å²) in [5.74, 6) is 1.45. The fraction of sp³-hybridized carbons (Fsp3) is 0.692. The average molecular weight is 269 g/mol. The molecule has 0 aliphatic carbocycles. The Labute approximate surface area is 112 Å². The van der Waals surface area contributed by atoms with Crippen LogP contribution >= 0.6 is 0 Å². The summed E-state index contributed by atoms with van der Waals surface area (Å²) in [5.41, 5.74) is -1.53. The van der Waals surface area contributed by atoms with Gasteiger partial charge < -0.3 is 14.7 Å². The molecule has 1 saturated heterocycles. The number of hydrogen-bond donors (Lipinski definition) is 1. The Morgan fingerprint density at radius 3 is 2.95 bits per heavy atom. The number of alkyl halides is 1. The number of halogens is 1. The van der Waals surface area contributed by atoms with E-state index in [1.165, 1.54) is 0 Å². The minimum atomic E-state index is -1.53. The number of nitrogens with zero attached hydrogens (tertiary/aromatic N) is 3. The molecule has 1 N–H and O–H groups in total. The van der Waals surface area contributed by atoms with E-state index in [9.17, 15) is 4.39 Å². The largest absolute Gasteiger partial charge is 0.476 e. The Morgan fingerprint density at radius 2 is 2.32 bits per heavy atom. The summed E-state index contributed by atoms with van der Waals surface area (Å²) in [7, 11) is 0. The van der Waals surface area contributed by atoms with Gasteiger partial charge in [0.15, 0.2) is 11.5 Å². The molecule has 0 saturated carbocycles. The van der Waals surface area contributed by atoms with Crippen LogP contribution in [-0.2, 0) is 0 Å². The van der Waals surface area contributed by atoms with E-state index in [2.05, 4.69) is 23.8 Å². The van der Waals surface area contributed by atoms with Crippen LogP contribution in [0.15, 0.2) is 12.4 Å². The second-order valence-corrected chi connectivity index (χ2v) is 5.40. The van der Waals surface area contributed by atoms with E-state index in [-0.39, 0.29) is 6.54 Å². The number of hydrogen-bond acceptors (Lipinski definition) is 5. The molecule has 0 bridgehead atoms. The summed E-state index contributed by atoms with van der Waals surface area (Å²) < 4.78 is 19.5. The van der Waals surface area contributed by atoms with Crippen molar-refractivity contribution < 1.29 is 14.2 Å². The van der Waals surface area contributed by atoms with Gasteiger partial charge in [-0.25, -0.2) is 4.39 Å². The highest BCUT2D eigenvalue weighted by atomic mass is 19.1. The molecule has 0 radical (unpaired) electrons. The van der Waals surface area contributed by atoms with Crippen molar-refractivity contribution in [2.24, 2.45) is 5.92 Å². The highest BCUT2D eigenvalue weighted by Crippen LogP contribution is 2.28. The minimum Gasteiger partial charge on any atom is -0.476 e. The van der Waals surface area contributed by atoms with Gasteiger partial charge in [0.05, 0.1) is 32.2 Å². The molecule has 1 atom stereocenters. The van der Waals surface area contributed by atoms with Gasteiger partial charge >= 0.3 is 0 Å². The number of anilines is 1. The summed E-state index contributed by atoms with van der Waals surface area (Å²) in [6.07, 6.45) is 3.45. The fourth-order valence-corrected chi connectivity index (χ4v) is 1.97. The molecule has 2 heterocycles. The molecular formula is C13H20FN3O2. The lowest BCUT2D eigenvalue weighted by Gasteiger charge is -2.19. The van der Waals surface area contributed by atoms with E-state index in [1.807, 2.05) is 0 Å². The van der Waals surface area contributed by atoms with Crippen molar-refractivity contribution in [3.8, 4) is 5.88 Å². The van der Waals surface area contributed by atoms with Crippen molar-refractivity contribution in [2.75, 3.05) is 31.2 Å². The van der Waals surface area contributed by atoms with Gasteiger partial charge in [-0.15, -0.1) is 0 Å². The summed E-state index contributed by atoms with van der Waals surface area (Å²) in [4.78, 5) is 10.2. The van der Waals surface area contributed by atoms with E-state index < -0.39 is 12.3 Å². The van der Waals surface area contributed by atoms with Gasteiger partial charge in [-0.3, -0.25) is 4.98 Å². The zero-order valence-corrected chi connectivity index (χ0v) is 11.3. The third-order valence-electron chi connectivity index (χ3n) is 3.08. The SMILES string of the molecule is CC(C)COc1cncc(N2CCC(F)(CO)C2)n1. The van der Waals surface area contributed by atoms with Crippen molar-refractivity contribution in [2.45, 2.75) is 25.9 Å². The van der Waals surface area contributed by atoms with E-state index >= 15 is 0 Å². The number of aliphatic hydroxyl groups excluding tert-OH is 1. The Kier molecular flexibility index (Phi) is 4.19. The predicted molar refractivity (Wildman–Crippen MR) is 70.1 cm³/mol. The Bertz CT molecular complexity index is 430. The monoisotopic (exact) mass is 269 g/mol. The van der Waals surface area contributed by atoms with Crippen LogP contribution in [0.25, 0.3) is 0 Å². The van der Waals surface area contributed by atoms with E-state index in [4.69, 9.17) is 9.84 Å². The molecule has 0 amide bonds. The van der Waals surface area contributed by atoms with Crippen LogP contribution in [0.5, 0.6) is 5.88 Å². The summed E-state index contributed by atoms with van der Waals surface area (Å²) in [6.45, 7) is 4.89. The first kappa shape index (κ1) is 14.0. The van der Waals surface area contributed by atoms with E-state index in [0.717, 1.165) is 0 Å². The first-order valence-corrected chi connectivity index (χ1v) is 6.52. The number of aliphatic hydroxyl groups is 1. The first-order chi connectivity index (χ1) is 9.02. The van der Waals surface area contributed by atoms with Gasteiger partial charge in [0.25, 0.3) is 0 Å². The van der Waals surface area contributed by atoms with Crippen LogP contribution in [0.1, 0.15) is 20.3 Å². The molecule has 5 nitrogen and oxygen atoms in total. The van der Waals surface area contributed by atoms with Gasteiger partial charge in [-0.1, -0.05) is 13.8 Å². The molecule has 1 fully saturated rings. The lowest BCUT2D eigenvalue weighted by molar-refractivity contribution is 0.0909. The molecule has 1 unspecified atom stereocenters. The Balaban J connectivity index is 2.03. The normalized spacial score (nSPS) is 23.1. The van der Waals surface area contributed by atoms with Crippen molar-refractivity contribution in [1.29, 1.82) is 0 Å². The van der Waals surface area contributed by atoms with Crippen molar-refractivity contribution in [1.82, 2.24) is 9.97 Å². The smallest absolute Gasteiger partial charge is 0.234 e. The first-order valence-electron chi connectivity index (χ1n) is 6.52. The molecule has 1 aromatic heterocycles. The fourth-order valence-electron chi connectivity index (χ4n) is 1.97. The maximum absolute atomic E-state index is 14.0. The second-order valence-electron chi connectivity index (χ2n) is 5.40. The standard InChI is InChI=1S/C13H20FN3O2/c1-10(2)7-19-12-6-15-5-11(16-12)17-4-3-13(14,8-17)9-18/h5-6,10,18H,3-4,7-9H2,1-2H3. The van der Waals surface area contributed by atoms with Gasteiger partial charge in [0, 0.05) is 13.0 Å². The van der Waals surface area contributed by atoms with Crippen LogP contribution < -0.4 is 9.64 Å². The molecule has 106 valence electrons. The summed E-state index contributed by atoms with van der Waals surface area (Å²) in [5, 5.41) is 9.03. The zero-order chi connectivity index (χ0) is 13.9. The highest BCUT2D eigenvalue weighted by Gasteiger charge is 2.38. The van der Waals surface area contributed by atoms with E-state index in [1.54, 1.807) is 17.3 Å². The molecule has 19 heavy (non-hydrogen) atoms. The average Bonchev–Trinajstić information content (AvgIpc) is 2.80. The molecule has 0 aromatic carbocycles. The van der Waals surface area contributed by atoms with Crippen LogP contribution in [-0.4, -0.2) is 47.0 Å². The summed E-state index contributed by atoms with van der Waals surface area (Å²) in [6, 6.07) is 0. The predicted octanol–water partition coefficient (Wildman–Crippen LogP) is 1.42. The number of rotatable bonds is 5. The summed E-state index contributed by atoms with van der Waals surface area (Å²) >= 11 is 0. The Hall–Kier alpha value is -1.43. The third-order valence-corrected chi connectivity index (χ3v) is 3.08. The van der Waals surface area contributed by atoms with Gasteiger partial charge in [0.1, 0.15) is 0 Å². The molecule has 1 aliphatic heterocycles. The molecule has 2 rings (SSSR count). The van der Waals surface area contributed by atoms with Crippen LogP contribution in [0, 0.1) is 5.92 Å². The highest BCUT2D eigenvalue weighted by molar-refractivity contribution is 5.40. The van der Waals surface area contributed by atoms with Crippen molar-refractivity contribution in [3.63, 3.8) is 0 Å². The van der Waals surface area contributed by atoms with Crippen LogP contribution in [0.2, 0.25) is 0 Å². The van der Waals surface area contributed by atoms with Gasteiger partial charge in [0.2, 0.25) is 5.88 Å². The maximum atomic E-state index is 14.0. The van der Waals surface area contributed by atoms with Crippen LogP contribution in [0.3, 0.4) is 0 Å². The van der Waals surface area contributed by atoms with Crippen molar-refractivity contribution in [3.05, 3.63) is 12.4 Å².